The minimum absolute atomic E-state index is 0.0563. The summed E-state index contributed by atoms with van der Waals surface area (Å²) in [6.07, 6.45) is 4.63. The molecule has 8 nitrogen and oxygen atoms in total. The minimum Gasteiger partial charge on any atom is -0.508 e. The fourth-order valence-corrected chi connectivity index (χ4v) is 5.01. The lowest BCUT2D eigenvalue weighted by molar-refractivity contribution is -0.142. The molecule has 3 rings (SSSR count). The Labute approximate surface area is 232 Å². The topological polar surface area (TPSA) is 108 Å². The van der Waals surface area contributed by atoms with Crippen LogP contribution in [0, 0.1) is 6.92 Å². The summed E-state index contributed by atoms with van der Waals surface area (Å²) < 4.78 is 5.46. The smallest absolute Gasteiger partial charge is 0.408 e. The van der Waals surface area contributed by atoms with Gasteiger partial charge >= 0.3 is 6.09 Å². The van der Waals surface area contributed by atoms with Crippen molar-refractivity contribution in [3.05, 3.63) is 65.2 Å². The first-order valence-corrected chi connectivity index (χ1v) is 13.9. The average Bonchev–Trinajstić information content (AvgIpc) is 2.88. The molecule has 1 aliphatic carbocycles. The maximum absolute atomic E-state index is 14.2. The molecule has 2 unspecified atom stereocenters. The van der Waals surface area contributed by atoms with E-state index in [1.807, 2.05) is 37.3 Å². The highest BCUT2D eigenvalue weighted by Crippen LogP contribution is 2.28. The quantitative estimate of drug-likeness (QED) is 0.409. The molecule has 0 bridgehead atoms. The number of hydrogen-bond donors (Lipinski definition) is 3. The first-order chi connectivity index (χ1) is 18.5. The molecule has 0 aromatic heterocycles. The fourth-order valence-electron chi connectivity index (χ4n) is 5.01. The molecule has 0 spiro atoms. The van der Waals surface area contributed by atoms with Crippen LogP contribution in [0.4, 0.5) is 4.79 Å². The van der Waals surface area contributed by atoms with Gasteiger partial charge in [-0.15, -0.1) is 0 Å². The molecule has 3 N–H and O–H groups in total. The van der Waals surface area contributed by atoms with Crippen LogP contribution >= 0.6 is 0 Å². The number of nitrogens with one attached hydrogen (secondary N) is 2. The maximum Gasteiger partial charge on any atom is 0.408 e. The average molecular weight is 538 g/mol. The summed E-state index contributed by atoms with van der Waals surface area (Å²) in [5.41, 5.74) is 1.34. The summed E-state index contributed by atoms with van der Waals surface area (Å²) in [5.74, 6) is -0.534. The Hall–Kier alpha value is -3.55. The van der Waals surface area contributed by atoms with E-state index < -0.39 is 23.8 Å². The number of alkyl carbamates (subject to hydrolysis) is 1. The van der Waals surface area contributed by atoms with Gasteiger partial charge in [-0.2, -0.15) is 0 Å². The van der Waals surface area contributed by atoms with Crippen LogP contribution in [0.3, 0.4) is 0 Å². The third-order valence-corrected chi connectivity index (χ3v) is 6.94. The third kappa shape index (κ3) is 8.73. The number of aryl methyl sites for hydroxylation is 1. The van der Waals surface area contributed by atoms with E-state index in [1.165, 1.54) is 4.90 Å². The van der Waals surface area contributed by atoms with Crippen molar-refractivity contribution in [2.75, 3.05) is 6.54 Å². The first kappa shape index (κ1) is 30.0. The van der Waals surface area contributed by atoms with Crippen molar-refractivity contribution in [2.45, 2.75) is 96.9 Å². The van der Waals surface area contributed by atoms with Gasteiger partial charge in [-0.05, 0) is 76.3 Å². The van der Waals surface area contributed by atoms with Crippen LogP contribution < -0.4 is 10.6 Å². The number of carbonyl (C=O) groups is 3. The van der Waals surface area contributed by atoms with Crippen LogP contribution in [0.15, 0.2) is 48.5 Å². The van der Waals surface area contributed by atoms with Gasteiger partial charge in [0.05, 0.1) is 0 Å². The number of amides is 3. The molecule has 1 fully saturated rings. The first-order valence-electron chi connectivity index (χ1n) is 13.9. The van der Waals surface area contributed by atoms with Crippen molar-refractivity contribution in [3.63, 3.8) is 0 Å². The summed E-state index contributed by atoms with van der Waals surface area (Å²) in [4.78, 5) is 42.3. The molecule has 212 valence electrons. The number of carbonyl (C=O) groups excluding carboxylic acids is 3. The summed E-state index contributed by atoms with van der Waals surface area (Å²) >= 11 is 0. The molecule has 0 heterocycles. The molecule has 0 aliphatic heterocycles. The van der Waals surface area contributed by atoms with E-state index in [-0.39, 0.29) is 36.6 Å². The normalized spacial score (nSPS) is 15.6. The highest BCUT2D eigenvalue weighted by atomic mass is 16.6. The molecular weight excluding hydrogens is 494 g/mol. The zero-order valence-corrected chi connectivity index (χ0v) is 23.8. The number of nitrogens with zero attached hydrogens (tertiary/aromatic N) is 1. The van der Waals surface area contributed by atoms with Crippen LogP contribution in [0.25, 0.3) is 0 Å². The van der Waals surface area contributed by atoms with Crippen LogP contribution in [-0.2, 0) is 20.7 Å². The van der Waals surface area contributed by atoms with Crippen molar-refractivity contribution in [1.82, 2.24) is 15.5 Å². The summed E-state index contributed by atoms with van der Waals surface area (Å²) in [5, 5.41) is 16.1. The Morgan fingerprint density at radius 3 is 2.31 bits per heavy atom. The maximum atomic E-state index is 14.2. The summed E-state index contributed by atoms with van der Waals surface area (Å²) in [6.45, 7) is 9.10. The highest BCUT2D eigenvalue weighted by Gasteiger charge is 2.36. The van der Waals surface area contributed by atoms with E-state index in [0.29, 0.717) is 11.1 Å². The standard InChI is InChI=1S/C31H43N3O5/c1-6-34(29(37)25(20-22-13-9-7-10-14-22)33-30(38)39-31(3,4)5)27(23-17-18-26(35)21(2)19-23)28(36)32-24-15-11-8-12-16-24/h7,9-10,13-14,17-19,24-25,27,35H,6,8,11-12,15-16,20H2,1-5H3,(H,32,36)(H,33,38). The Bertz CT molecular complexity index is 1120. The second-order valence-corrected chi connectivity index (χ2v) is 11.3. The van der Waals surface area contributed by atoms with Crippen LogP contribution in [-0.4, -0.2) is 52.1 Å². The van der Waals surface area contributed by atoms with Gasteiger partial charge in [0.2, 0.25) is 11.8 Å². The molecule has 2 aromatic carbocycles. The lowest BCUT2D eigenvalue weighted by Crippen LogP contribution is -2.54. The minimum atomic E-state index is -0.953. The lowest BCUT2D eigenvalue weighted by Gasteiger charge is -2.35. The van der Waals surface area contributed by atoms with Gasteiger partial charge in [-0.3, -0.25) is 9.59 Å². The molecule has 2 atom stereocenters. The Morgan fingerprint density at radius 1 is 1.05 bits per heavy atom. The fraction of sp³-hybridized carbons (Fsp3) is 0.516. The molecule has 3 amide bonds. The predicted molar refractivity (Wildman–Crippen MR) is 151 cm³/mol. The number of ether oxygens (including phenoxy) is 1. The molecule has 1 aliphatic rings. The van der Waals surface area contributed by atoms with Gasteiger partial charge < -0.3 is 25.4 Å². The number of phenolic OH excluding ortho intramolecular Hbond substituents is 1. The number of hydrogen-bond acceptors (Lipinski definition) is 5. The second kappa shape index (κ2) is 13.5. The van der Waals surface area contributed by atoms with Gasteiger partial charge in [0.15, 0.2) is 0 Å². The lowest BCUT2D eigenvalue weighted by atomic mass is 9.94. The largest absolute Gasteiger partial charge is 0.508 e. The van der Waals surface area contributed by atoms with Crippen molar-refractivity contribution < 1.29 is 24.2 Å². The molecule has 0 radical (unpaired) electrons. The van der Waals surface area contributed by atoms with Gasteiger partial charge in [-0.25, -0.2) is 4.79 Å². The number of likely N-dealkylation sites (N-methyl/N-ethyl adjacent to an activating group) is 1. The number of phenols is 1. The Kier molecular flexibility index (Phi) is 10.4. The van der Waals surface area contributed by atoms with Crippen molar-refractivity contribution in [1.29, 1.82) is 0 Å². The SMILES string of the molecule is CCN(C(=O)C(Cc1ccccc1)NC(=O)OC(C)(C)C)C(C(=O)NC1CCCCC1)c1ccc(O)c(C)c1. The zero-order chi connectivity index (χ0) is 28.6. The van der Waals surface area contributed by atoms with Gasteiger partial charge in [-0.1, -0.05) is 55.7 Å². The van der Waals surface area contributed by atoms with Gasteiger partial charge in [0, 0.05) is 19.0 Å². The van der Waals surface area contributed by atoms with Crippen LogP contribution in [0.5, 0.6) is 5.75 Å². The van der Waals surface area contributed by atoms with E-state index in [4.69, 9.17) is 4.74 Å². The Balaban J connectivity index is 1.96. The monoisotopic (exact) mass is 537 g/mol. The number of aromatic hydroxyl groups is 1. The van der Waals surface area contributed by atoms with E-state index in [1.54, 1.807) is 45.9 Å². The van der Waals surface area contributed by atoms with E-state index >= 15 is 0 Å². The highest BCUT2D eigenvalue weighted by molar-refractivity contribution is 5.92. The summed E-state index contributed by atoms with van der Waals surface area (Å²) in [6, 6.07) is 12.6. The number of rotatable bonds is 9. The molecule has 1 saturated carbocycles. The van der Waals surface area contributed by atoms with E-state index in [0.717, 1.165) is 37.7 Å². The Morgan fingerprint density at radius 2 is 1.72 bits per heavy atom. The van der Waals surface area contributed by atoms with Crippen molar-refractivity contribution in [2.24, 2.45) is 0 Å². The zero-order valence-electron chi connectivity index (χ0n) is 23.8. The van der Waals surface area contributed by atoms with Crippen molar-refractivity contribution >= 4 is 17.9 Å². The molecule has 0 saturated heterocycles. The van der Waals surface area contributed by atoms with Gasteiger partial charge in [0.1, 0.15) is 23.4 Å². The van der Waals surface area contributed by atoms with Crippen LogP contribution in [0.2, 0.25) is 0 Å². The summed E-state index contributed by atoms with van der Waals surface area (Å²) in [7, 11) is 0. The molecular formula is C31H43N3O5. The predicted octanol–water partition coefficient (Wildman–Crippen LogP) is 5.18. The van der Waals surface area contributed by atoms with Crippen LogP contribution in [0.1, 0.15) is 82.5 Å². The molecule has 8 heteroatoms. The third-order valence-electron chi connectivity index (χ3n) is 6.94. The second-order valence-electron chi connectivity index (χ2n) is 11.3. The van der Waals surface area contributed by atoms with Gasteiger partial charge in [0.25, 0.3) is 0 Å². The van der Waals surface area contributed by atoms with E-state index in [2.05, 4.69) is 10.6 Å². The van der Waals surface area contributed by atoms with E-state index in [9.17, 15) is 19.5 Å². The molecule has 39 heavy (non-hydrogen) atoms. The number of benzene rings is 2. The molecule has 2 aromatic rings. The van der Waals surface area contributed by atoms with Crippen molar-refractivity contribution in [3.8, 4) is 5.75 Å².